The molecule has 0 aromatic heterocycles. The van der Waals surface area contributed by atoms with Gasteiger partial charge >= 0.3 is 5.97 Å². The molecular formula is C13H16N2O4. The second-order valence-electron chi connectivity index (χ2n) is 4.59. The number of nitrogens with one attached hydrogen (secondary N) is 1. The average molecular weight is 264 g/mol. The largest absolute Gasteiger partial charge is 0.482 e. The number of carbonyl (C=O) groups is 2. The molecule has 0 saturated heterocycles. The number of carboxylic acid groups (broad SMARTS) is 1. The molecule has 0 unspecified atom stereocenters. The quantitative estimate of drug-likeness (QED) is 0.662. The van der Waals surface area contributed by atoms with Gasteiger partial charge in [0.1, 0.15) is 5.75 Å². The summed E-state index contributed by atoms with van der Waals surface area (Å²) >= 11 is 0. The first-order chi connectivity index (χ1) is 9.06. The number of benzene rings is 1. The number of nitrogen functional groups attached to an aromatic ring is 1. The van der Waals surface area contributed by atoms with E-state index in [1.54, 1.807) is 0 Å². The van der Waals surface area contributed by atoms with Gasteiger partial charge in [0.05, 0.1) is 11.3 Å². The van der Waals surface area contributed by atoms with Gasteiger partial charge in [-0.1, -0.05) is 0 Å². The van der Waals surface area contributed by atoms with Crippen LogP contribution < -0.4 is 15.8 Å². The molecule has 1 aliphatic rings. The molecule has 19 heavy (non-hydrogen) atoms. The number of rotatable bonds is 6. The Bertz CT molecular complexity index is 497. The molecule has 0 bridgehead atoms. The predicted molar refractivity (Wildman–Crippen MR) is 69.0 cm³/mol. The number of anilines is 1. The van der Waals surface area contributed by atoms with E-state index in [2.05, 4.69) is 5.32 Å². The van der Waals surface area contributed by atoms with Crippen molar-refractivity contribution in [3.05, 3.63) is 23.8 Å². The molecule has 2 rings (SSSR count). The highest BCUT2D eigenvalue weighted by molar-refractivity contribution is 5.89. The Kier molecular flexibility index (Phi) is 3.89. The molecule has 1 aromatic rings. The maximum atomic E-state index is 11.5. The molecule has 1 aromatic carbocycles. The van der Waals surface area contributed by atoms with Crippen LogP contribution in [0.2, 0.25) is 0 Å². The van der Waals surface area contributed by atoms with Gasteiger partial charge in [-0.25, -0.2) is 4.79 Å². The van der Waals surface area contributed by atoms with Crippen molar-refractivity contribution < 1.29 is 19.4 Å². The Labute approximate surface area is 110 Å². The minimum absolute atomic E-state index is 0.0861. The van der Waals surface area contributed by atoms with E-state index in [0.717, 1.165) is 0 Å². The number of aromatic carboxylic acids is 1. The highest BCUT2D eigenvalue weighted by atomic mass is 16.5. The molecular weight excluding hydrogens is 248 g/mol. The van der Waals surface area contributed by atoms with E-state index < -0.39 is 5.97 Å². The van der Waals surface area contributed by atoms with E-state index in [1.165, 1.54) is 31.0 Å². The number of carboxylic acids is 1. The Hall–Kier alpha value is -2.24. The fourth-order valence-corrected chi connectivity index (χ4v) is 1.59. The van der Waals surface area contributed by atoms with Crippen molar-refractivity contribution in [3.63, 3.8) is 0 Å². The molecule has 0 aliphatic heterocycles. The van der Waals surface area contributed by atoms with Gasteiger partial charge in [-0.05, 0) is 37.0 Å². The number of nitrogens with two attached hydrogens (primary N) is 1. The van der Waals surface area contributed by atoms with Crippen LogP contribution in [0.25, 0.3) is 0 Å². The summed E-state index contributed by atoms with van der Waals surface area (Å²) < 4.78 is 5.26. The molecule has 1 fully saturated rings. The van der Waals surface area contributed by atoms with E-state index in [0.29, 0.717) is 18.2 Å². The summed E-state index contributed by atoms with van der Waals surface area (Å²) in [6.45, 7) is 0.568. The molecule has 1 aliphatic carbocycles. The standard InChI is InChI=1S/C13H16N2O4/c14-10-5-9(13(17)18)3-4-11(10)19-7-12(16)15-6-8-1-2-8/h3-5,8H,1-2,6-7,14H2,(H,15,16)(H,17,18). The van der Waals surface area contributed by atoms with E-state index >= 15 is 0 Å². The van der Waals surface area contributed by atoms with E-state index in [4.69, 9.17) is 15.6 Å². The lowest BCUT2D eigenvalue weighted by molar-refractivity contribution is -0.123. The summed E-state index contributed by atoms with van der Waals surface area (Å²) in [5, 5.41) is 11.6. The van der Waals surface area contributed by atoms with Gasteiger partial charge in [-0.15, -0.1) is 0 Å². The molecule has 0 atom stereocenters. The van der Waals surface area contributed by atoms with Crippen molar-refractivity contribution >= 4 is 17.6 Å². The Balaban J connectivity index is 1.84. The van der Waals surface area contributed by atoms with Crippen LogP contribution in [0.4, 0.5) is 5.69 Å². The SMILES string of the molecule is Nc1cc(C(=O)O)ccc1OCC(=O)NCC1CC1. The number of amides is 1. The highest BCUT2D eigenvalue weighted by Gasteiger charge is 2.21. The number of carbonyl (C=O) groups excluding carboxylic acids is 1. The fourth-order valence-electron chi connectivity index (χ4n) is 1.59. The number of hydrogen-bond acceptors (Lipinski definition) is 4. The normalized spacial score (nSPS) is 13.9. The summed E-state index contributed by atoms with van der Waals surface area (Å²) in [7, 11) is 0. The highest BCUT2D eigenvalue weighted by Crippen LogP contribution is 2.27. The summed E-state index contributed by atoms with van der Waals surface area (Å²) in [6, 6.07) is 4.14. The van der Waals surface area contributed by atoms with Crippen molar-refractivity contribution in [1.82, 2.24) is 5.32 Å². The van der Waals surface area contributed by atoms with Gasteiger partial charge in [0.15, 0.2) is 6.61 Å². The lowest BCUT2D eigenvalue weighted by Crippen LogP contribution is -2.30. The fraction of sp³-hybridized carbons (Fsp3) is 0.385. The molecule has 0 heterocycles. The molecule has 4 N–H and O–H groups in total. The summed E-state index contributed by atoms with van der Waals surface area (Å²) in [4.78, 5) is 22.2. The number of ether oxygens (including phenoxy) is 1. The first-order valence-corrected chi connectivity index (χ1v) is 6.08. The smallest absolute Gasteiger partial charge is 0.335 e. The van der Waals surface area contributed by atoms with Gasteiger partial charge in [0.25, 0.3) is 5.91 Å². The zero-order valence-corrected chi connectivity index (χ0v) is 10.4. The Morgan fingerprint density at radius 1 is 1.42 bits per heavy atom. The lowest BCUT2D eigenvalue weighted by Gasteiger charge is -2.09. The van der Waals surface area contributed by atoms with E-state index in [1.807, 2.05) is 0 Å². The average Bonchev–Trinajstić information content (AvgIpc) is 3.18. The van der Waals surface area contributed by atoms with Crippen LogP contribution in [0.5, 0.6) is 5.75 Å². The van der Waals surface area contributed by atoms with Crippen LogP contribution in [0.3, 0.4) is 0 Å². The molecule has 102 valence electrons. The lowest BCUT2D eigenvalue weighted by atomic mass is 10.2. The van der Waals surface area contributed by atoms with Crippen molar-refractivity contribution in [2.24, 2.45) is 5.92 Å². The molecule has 0 spiro atoms. The maximum absolute atomic E-state index is 11.5. The van der Waals surface area contributed by atoms with Gasteiger partial charge in [-0.3, -0.25) is 4.79 Å². The summed E-state index contributed by atoms with van der Waals surface area (Å²) in [5.41, 5.74) is 5.95. The van der Waals surface area contributed by atoms with Crippen LogP contribution in [-0.2, 0) is 4.79 Å². The molecule has 1 saturated carbocycles. The first kappa shape index (κ1) is 13.2. The minimum Gasteiger partial charge on any atom is -0.482 e. The zero-order valence-electron chi connectivity index (χ0n) is 10.4. The van der Waals surface area contributed by atoms with Crippen molar-refractivity contribution in [2.75, 3.05) is 18.9 Å². The predicted octanol–water partition coefficient (Wildman–Crippen LogP) is 0.872. The summed E-state index contributed by atoms with van der Waals surface area (Å²) in [6.07, 6.45) is 2.34. The maximum Gasteiger partial charge on any atom is 0.335 e. The van der Waals surface area contributed by atoms with E-state index in [-0.39, 0.29) is 23.8 Å². The zero-order chi connectivity index (χ0) is 13.8. The third kappa shape index (κ3) is 3.87. The van der Waals surface area contributed by atoms with Crippen LogP contribution in [0.1, 0.15) is 23.2 Å². The van der Waals surface area contributed by atoms with Gasteiger partial charge in [-0.2, -0.15) is 0 Å². The van der Waals surface area contributed by atoms with Crippen LogP contribution >= 0.6 is 0 Å². The van der Waals surface area contributed by atoms with Crippen LogP contribution in [-0.4, -0.2) is 30.1 Å². The van der Waals surface area contributed by atoms with Crippen molar-refractivity contribution in [1.29, 1.82) is 0 Å². The molecule has 1 amide bonds. The summed E-state index contributed by atoms with van der Waals surface area (Å²) in [5.74, 6) is -0.329. The Morgan fingerprint density at radius 2 is 2.16 bits per heavy atom. The second-order valence-corrected chi connectivity index (χ2v) is 4.59. The van der Waals surface area contributed by atoms with Gasteiger partial charge < -0.3 is 20.9 Å². The molecule has 6 nitrogen and oxygen atoms in total. The topological polar surface area (TPSA) is 102 Å². The van der Waals surface area contributed by atoms with Gasteiger partial charge in [0, 0.05) is 6.54 Å². The monoisotopic (exact) mass is 264 g/mol. The third-order valence-electron chi connectivity index (χ3n) is 2.90. The first-order valence-electron chi connectivity index (χ1n) is 6.08. The van der Waals surface area contributed by atoms with Crippen LogP contribution in [0, 0.1) is 5.92 Å². The van der Waals surface area contributed by atoms with Gasteiger partial charge in [0.2, 0.25) is 0 Å². The van der Waals surface area contributed by atoms with E-state index in [9.17, 15) is 9.59 Å². The Morgan fingerprint density at radius 3 is 2.74 bits per heavy atom. The third-order valence-corrected chi connectivity index (χ3v) is 2.90. The van der Waals surface area contributed by atoms with Crippen molar-refractivity contribution in [2.45, 2.75) is 12.8 Å². The second kappa shape index (κ2) is 5.60. The van der Waals surface area contributed by atoms with Crippen molar-refractivity contribution in [3.8, 4) is 5.75 Å². The number of hydrogen-bond donors (Lipinski definition) is 3. The molecule has 6 heteroatoms. The minimum atomic E-state index is -1.06. The molecule has 0 radical (unpaired) electrons. The van der Waals surface area contributed by atoms with Crippen LogP contribution in [0.15, 0.2) is 18.2 Å².